The van der Waals surface area contributed by atoms with Crippen LogP contribution in [0.3, 0.4) is 0 Å². The molecule has 0 aromatic heterocycles. The van der Waals surface area contributed by atoms with Crippen LogP contribution >= 0.6 is 0 Å². The molecule has 5 heavy (non-hydrogen) atoms. The van der Waals surface area contributed by atoms with Crippen molar-refractivity contribution in [2.75, 3.05) is 0 Å². The van der Waals surface area contributed by atoms with Crippen molar-refractivity contribution >= 4 is 0 Å². The molecule has 0 bridgehead atoms. The number of rotatable bonds is 0. The zero-order valence-electron chi connectivity index (χ0n) is 1.78. The summed E-state index contributed by atoms with van der Waals surface area (Å²) in [6.45, 7) is 0. The fourth-order valence-electron chi connectivity index (χ4n) is 0. The molecule has 0 aromatic carbocycles. The molecule has 0 saturated heterocycles. The van der Waals surface area contributed by atoms with Gasteiger partial charge >= 0.3 is 0 Å². The predicted molar refractivity (Wildman–Crippen MR) is 0 cm³/mol. The van der Waals surface area contributed by atoms with Gasteiger partial charge in [0.25, 0.3) is 0 Å². The van der Waals surface area contributed by atoms with Crippen molar-refractivity contribution in [3.8, 4) is 0 Å². The van der Waals surface area contributed by atoms with Gasteiger partial charge in [0, 0.05) is 89.9 Å². The molecule has 0 rings (SSSR count). The summed E-state index contributed by atoms with van der Waals surface area (Å²) < 4.78 is 0. The number of hydrogen-bond donors (Lipinski definition) is 0. The van der Waals surface area contributed by atoms with Gasteiger partial charge in [-0.15, -0.1) is 0 Å². The standard InChI is InChI=1S/Co.Cu.Mn.Pd.V. The van der Waals surface area contributed by atoms with Gasteiger partial charge in [0.15, 0.2) is 0 Å². The SMILES string of the molecule is [Co].[Cu].[Mn].[Pd].[V]. The Morgan fingerprint density at radius 1 is 1.00 bits per heavy atom. The molecule has 0 aliphatic rings. The molecule has 0 fully saturated rings. The summed E-state index contributed by atoms with van der Waals surface area (Å²) in [5.41, 5.74) is 0. The quantitative estimate of drug-likeness (QED) is 0.547. The van der Waals surface area contributed by atoms with Crippen LogP contribution in [0.5, 0.6) is 0 Å². The van der Waals surface area contributed by atoms with Crippen molar-refractivity contribution in [2.45, 2.75) is 0 Å². The molecule has 0 spiro atoms. The molecule has 0 aromatic rings. The maximum Gasteiger partial charge on any atom is 0 e. The van der Waals surface area contributed by atoms with E-state index in [4.69, 9.17) is 0 Å². The first-order chi connectivity index (χ1) is 0. The Kier molecular flexibility index (Phi) is 270. The van der Waals surface area contributed by atoms with Gasteiger partial charge in [0.1, 0.15) is 0 Å². The monoisotopic (exact) mass is 334 g/mol. The van der Waals surface area contributed by atoms with Crippen LogP contribution in [0.15, 0.2) is 0 Å². The second-order valence-corrected chi connectivity index (χ2v) is 0. The van der Waals surface area contributed by atoms with Gasteiger partial charge in [-0.2, -0.15) is 0 Å². The smallest absolute Gasteiger partial charge is 0 e. The zero-order valence-corrected chi connectivity index (χ0v) is 7.89. The van der Waals surface area contributed by atoms with E-state index in [0.29, 0.717) is 0 Å². The van der Waals surface area contributed by atoms with Gasteiger partial charge < -0.3 is 0 Å². The van der Waals surface area contributed by atoms with Crippen LogP contribution in [-0.2, 0) is 89.9 Å². The Hall–Kier alpha value is 2.79. The molecule has 0 heterocycles. The zero-order chi connectivity index (χ0) is 0. The van der Waals surface area contributed by atoms with E-state index in [1.807, 2.05) is 0 Å². The minimum absolute atomic E-state index is 0. The molecular weight excluding hydrogens is 335 g/mol. The normalized spacial score (nSPS) is 0. The van der Waals surface area contributed by atoms with Gasteiger partial charge in [0.05, 0.1) is 0 Å². The van der Waals surface area contributed by atoms with E-state index in [0.717, 1.165) is 0 Å². The Labute approximate surface area is 88.7 Å². The summed E-state index contributed by atoms with van der Waals surface area (Å²) >= 11 is 0. The molecule has 4 radical (unpaired) electrons. The first kappa shape index (κ1) is 46.1. The minimum atomic E-state index is 0. The Bertz CT molecular complexity index is 11.6. The first-order valence-electron chi connectivity index (χ1n) is 0. The molecular formula is CoCuMnPdV. The summed E-state index contributed by atoms with van der Waals surface area (Å²) in [5.74, 6) is 0. The second kappa shape index (κ2) is 29.2. The van der Waals surface area contributed by atoms with Gasteiger partial charge in [-0.25, -0.2) is 0 Å². The van der Waals surface area contributed by atoms with E-state index >= 15 is 0 Å². The van der Waals surface area contributed by atoms with Crippen molar-refractivity contribution in [2.24, 2.45) is 0 Å². The molecule has 0 aliphatic carbocycles. The molecule has 5 heteroatoms. The molecule has 42 valence electrons. The summed E-state index contributed by atoms with van der Waals surface area (Å²) in [7, 11) is 0. The molecule has 0 nitrogen and oxygen atoms in total. The molecule has 0 N–H and O–H groups in total. The Balaban J connectivity index is 0. The third-order valence-corrected chi connectivity index (χ3v) is 0. The van der Waals surface area contributed by atoms with E-state index in [-0.39, 0.29) is 89.9 Å². The molecule has 0 saturated carbocycles. The van der Waals surface area contributed by atoms with Crippen LogP contribution in [0.25, 0.3) is 0 Å². The average Bonchev–Trinajstić information content (AvgIpc) is 0. The van der Waals surface area contributed by atoms with Crippen molar-refractivity contribution in [3.05, 3.63) is 0 Å². The molecule has 0 unspecified atom stereocenters. The van der Waals surface area contributed by atoms with Crippen molar-refractivity contribution in [3.63, 3.8) is 0 Å². The maximum atomic E-state index is 0. The van der Waals surface area contributed by atoms with Crippen LogP contribution in [0.2, 0.25) is 0 Å². The van der Waals surface area contributed by atoms with Crippen LogP contribution in [0.1, 0.15) is 0 Å². The minimum Gasteiger partial charge on any atom is 0 e. The van der Waals surface area contributed by atoms with E-state index in [2.05, 4.69) is 0 Å². The van der Waals surface area contributed by atoms with Crippen LogP contribution in [0, 0.1) is 0 Å². The number of hydrogen-bond acceptors (Lipinski definition) is 0. The largest absolute Gasteiger partial charge is 0 e. The summed E-state index contributed by atoms with van der Waals surface area (Å²) in [5, 5.41) is 0. The fraction of sp³-hybridized carbons (Fsp3) is 0. The van der Waals surface area contributed by atoms with E-state index in [1.54, 1.807) is 0 Å². The van der Waals surface area contributed by atoms with Gasteiger partial charge in [0.2, 0.25) is 0 Å². The van der Waals surface area contributed by atoms with Crippen LogP contribution in [-0.4, -0.2) is 0 Å². The topological polar surface area (TPSA) is 0 Å². The Morgan fingerprint density at radius 3 is 1.00 bits per heavy atom. The van der Waals surface area contributed by atoms with E-state index in [1.165, 1.54) is 0 Å². The van der Waals surface area contributed by atoms with Crippen molar-refractivity contribution < 1.29 is 89.9 Å². The van der Waals surface area contributed by atoms with Crippen molar-refractivity contribution in [1.29, 1.82) is 0 Å². The van der Waals surface area contributed by atoms with Gasteiger partial charge in [-0.1, -0.05) is 0 Å². The van der Waals surface area contributed by atoms with Gasteiger partial charge in [-0.3, -0.25) is 0 Å². The van der Waals surface area contributed by atoms with Crippen LogP contribution in [0.4, 0.5) is 0 Å². The van der Waals surface area contributed by atoms with Gasteiger partial charge in [-0.05, 0) is 0 Å². The molecule has 0 amide bonds. The maximum absolute atomic E-state index is 0. The fourth-order valence-corrected chi connectivity index (χ4v) is 0. The molecule has 0 aliphatic heterocycles. The Morgan fingerprint density at radius 2 is 1.00 bits per heavy atom. The molecule has 0 atom stereocenters. The summed E-state index contributed by atoms with van der Waals surface area (Å²) in [6, 6.07) is 0. The van der Waals surface area contributed by atoms with E-state index in [9.17, 15) is 0 Å². The van der Waals surface area contributed by atoms with E-state index < -0.39 is 0 Å². The third kappa shape index (κ3) is 20.0. The third-order valence-electron chi connectivity index (χ3n) is 0. The second-order valence-electron chi connectivity index (χ2n) is 0. The van der Waals surface area contributed by atoms with Crippen LogP contribution < -0.4 is 0 Å². The first-order valence-corrected chi connectivity index (χ1v) is 0. The summed E-state index contributed by atoms with van der Waals surface area (Å²) in [4.78, 5) is 0. The summed E-state index contributed by atoms with van der Waals surface area (Å²) in [6.07, 6.45) is 0. The van der Waals surface area contributed by atoms with Crippen molar-refractivity contribution in [1.82, 2.24) is 0 Å². The average molecular weight is 335 g/mol. The predicted octanol–water partition coefficient (Wildman–Crippen LogP) is -0.0125.